The summed E-state index contributed by atoms with van der Waals surface area (Å²) < 4.78 is 0. The average molecular weight is 165 g/mol. The van der Waals surface area contributed by atoms with Crippen molar-refractivity contribution in [2.45, 2.75) is 19.3 Å². The number of aryl methyl sites for hydroxylation is 1. The smallest absolute Gasteiger partial charge is 0.255 e. The Kier molecular flexibility index (Phi) is 1.60. The summed E-state index contributed by atoms with van der Waals surface area (Å²) >= 11 is 0. The first kappa shape index (κ1) is 7.34. The second-order valence-corrected chi connectivity index (χ2v) is 2.94. The van der Waals surface area contributed by atoms with Crippen LogP contribution in [0, 0.1) is 0 Å². The van der Waals surface area contributed by atoms with E-state index >= 15 is 0 Å². The van der Waals surface area contributed by atoms with Crippen molar-refractivity contribution in [2.75, 3.05) is 12.4 Å². The Balaban J connectivity index is 2.59. The van der Waals surface area contributed by atoms with Gasteiger partial charge in [-0.1, -0.05) is 0 Å². The van der Waals surface area contributed by atoms with Gasteiger partial charge in [0, 0.05) is 12.6 Å². The van der Waals surface area contributed by atoms with Crippen LogP contribution in [0.2, 0.25) is 0 Å². The maximum atomic E-state index is 11.4. The third-order valence-corrected chi connectivity index (χ3v) is 2.18. The molecule has 1 heterocycles. The zero-order chi connectivity index (χ0) is 8.55. The number of fused-ring (bicyclic) bond motifs is 1. The van der Waals surface area contributed by atoms with Crippen LogP contribution in [0.5, 0.6) is 0 Å². The molecule has 0 spiro atoms. The minimum atomic E-state index is 0.0156. The lowest BCUT2D eigenvalue weighted by atomic mass is 10.3. The summed E-state index contributed by atoms with van der Waals surface area (Å²) in [6.07, 6.45) is 2.87. The molecule has 0 aliphatic heterocycles. The molecule has 0 saturated carbocycles. The van der Waals surface area contributed by atoms with Crippen molar-refractivity contribution in [1.82, 2.24) is 9.97 Å². The summed E-state index contributed by atoms with van der Waals surface area (Å²) in [5.41, 5.74) is 1.85. The highest BCUT2D eigenvalue weighted by Gasteiger charge is 2.16. The average Bonchev–Trinajstić information content (AvgIpc) is 2.52. The molecule has 1 aromatic heterocycles. The van der Waals surface area contributed by atoms with Crippen LogP contribution in [0.15, 0.2) is 4.79 Å². The predicted octanol–water partition coefficient (Wildman–Crippen LogP) is 0.300. The van der Waals surface area contributed by atoms with Crippen molar-refractivity contribution in [1.29, 1.82) is 0 Å². The van der Waals surface area contributed by atoms with Gasteiger partial charge in [-0.05, 0) is 19.3 Å². The SMILES string of the molecule is CNc1nc2c(c(=O)[nH]1)CCC2. The minimum Gasteiger partial charge on any atom is -0.359 e. The molecule has 0 bridgehead atoms. The van der Waals surface area contributed by atoms with Crippen LogP contribution in [0.25, 0.3) is 0 Å². The third-order valence-electron chi connectivity index (χ3n) is 2.18. The van der Waals surface area contributed by atoms with Gasteiger partial charge in [-0.2, -0.15) is 0 Å². The van der Waals surface area contributed by atoms with E-state index in [9.17, 15) is 4.79 Å². The Morgan fingerprint density at radius 2 is 2.33 bits per heavy atom. The number of rotatable bonds is 1. The molecule has 0 saturated heterocycles. The van der Waals surface area contributed by atoms with E-state index in [2.05, 4.69) is 15.3 Å². The molecule has 1 aliphatic carbocycles. The molecule has 12 heavy (non-hydrogen) atoms. The van der Waals surface area contributed by atoms with E-state index in [1.165, 1.54) is 0 Å². The van der Waals surface area contributed by atoms with Gasteiger partial charge < -0.3 is 5.32 Å². The second-order valence-electron chi connectivity index (χ2n) is 2.94. The molecule has 4 heteroatoms. The fourth-order valence-corrected chi connectivity index (χ4v) is 1.56. The molecule has 0 fully saturated rings. The van der Waals surface area contributed by atoms with Crippen LogP contribution >= 0.6 is 0 Å². The zero-order valence-corrected chi connectivity index (χ0v) is 6.98. The van der Waals surface area contributed by atoms with Crippen LogP contribution in [0.3, 0.4) is 0 Å². The van der Waals surface area contributed by atoms with Crippen LogP contribution in [-0.2, 0) is 12.8 Å². The topological polar surface area (TPSA) is 57.8 Å². The summed E-state index contributed by atoms with van der Waals surface area (Å²) in [4.78, 5) is 18.3. The Hall–Kier alpha value is -1.32. The van der Waals surface area contributed by atoms with Gasteiger partial charge in [0.15, 0.2) is 0 Å². The summed E-state index contributed by atoms with van der Waals surface area (Å²) in [7, 11) is 1.75. The number of hydrogen-bond donors (Lipinski definition) is 2. The number of aromatic amines is 1. The lowest BCUT2D eigenvalue weighted by Gasteiger charge is -2.01. The molecule has 2 rings (SSSR count). The first-order valence-corrected chi connectivity index (χ1v) is 4.11. The summed E-state index contributed by atoms with van der Waals surface area (Å²) in [6, 6.07) is 0. The molecule has 0 radical (unpaired) electrons. The fourth-order valence-electron chi connectivity index (χ4n) is 1.56. The molecule has 64 valence electrons. The fraction of sp³-hybridized carbons (Fsp3) is 0.500. The maximum Gasteiger partial charge on any atom is 0.255 e. The van der Waals surface area contributed by atoms with Gasteiger partial charge >= 0.3 is 0 Å². The molecule has 2 N–H and O–H groups in total. The van der Waals surface area contributed by atoms with E-state index in [0.29, 0.717) is 5.95 Å². The monoisotopic (exact) mass is 165 g/mol. The predicted molar refractivity (Wildman–Crippen MR) is 46.4 cm³/mol. The second kappa shape index (κ2) is 2.62. The van der Waals surface area contributed by atoms with Gasteiger partial charge in [0.2, 0.25) is 5.95 Å². The van der Waals surface area contributed by atoms with Crippen LogP contribution < -0.4 is 10.9 Å². The molecule has 4 nitrogen and oxygen atoms in total. The van der Waals surface area contributed by atoms with Gasteiger partial charge in [-0.3, -0.25) is 9.78 Å². The highest BCUT2D eigenvalue weighted by atomic mass is 16.1. The first-order valence-electron chi connectivity index (χ1n) is 4.11. The summed E-state index contributed by atoms with van der Waals surface area (Å²) in [6.45, 7) is 0. The van der Waals surface area contributed by atoms with Gasteiger partial charge in [0.1, 0.15) is 0 Å². The molecule has 0 amide bonds. The van der Waals surface area contributed by atoms with Crippen LogP contribution in [0.1, 0.15) is 17.7 Å². The Morgan fingerprint density at radius 1 is 1.50 bits per heavy atom. The molecule has 1 aliphatic rings. The zero-order valence-electron chi connectivity index (χ0n) is 6.98. The number of nitrogens with one attached hydrogen (secondary N) is 2. The Bertz CT molecular complexity index is 356. The molecule has 0 atom stereocenters. The van der Waals surface area contributed by atoms with Crippen molar-refractivity contribution in [2.24, 2.45) is 0 Å². The van der Waals surface area contributed by atoms with E-state index in [1.54, 1.807) is 7.05 Å². The number of hydrogen-bond acceptors (Lipinski definition) is 3. The molecule has 1 aromatic rings. The quantitative estimate of drug-likeness (QED) is 0.629. The molecule has 0 unspecified atom stereocenters. The Labute approximate surface area is 70.0 Å². The maximum absolute atomic E-state index is 11.4. The lowest BCUT2D eigenvalue weighted by Crippen LogP contribution is -2.16. The van der Waals surface area contributed by atoms with Crippen molar-refractivity contribution in [3.05, 3.63) is 21.6 Å². The van der Waals surface area contributed by atoms with Crippen molar-refractivity contribution in [3.8, 4) is 0 Å². The van der Waals surface area contributed by atoms with E-state index in [4.69, 9.17) is 0 Å². The van der Waals surface area contributed by atoms with E-state index < -0.39 is 0 Å². The number of aromatic nitrogens is 2. The van der Waals surface area contributed by atoms with E-state index in [0.717, 1.165) is 30.5 Å². The van der Waals surface area contributed by atoms with Crippen LogP contribution in [-0.4, -0.2) is 17.0 Å². The van der Waals surface area contributed by atoms with E-state index in [1.807, 2.05) is 0 Å². The van der Waals surface area contributed by atoms with Gasteiger partial charge in [-0.25, -0.2) is 4.98 Å². The normalized spacial score (nSPS) is 14.4. The summed E-state index contributed by atoms with van der Waals surface area (Å²) in [5, 5.41) is 2.83. The molecular weight excluding hydrogens is 154 g/mol. The highest BCUT2D eigenvalue weighted by Crippen LogP contribution is 2.16. The standard InChI is InChI=1S/C8H11N3O/c1-9-8-10-6-4-2-3-5(6)7(12)11-8/h2-4H2,1H3,(H2,9,10,11,12). The van der Waals surface area contributed by atoms with Crippen LogP contribution in [0.4, 0.5) is 5.95 Å². The number of H-pyrrole nitrogens is 1. The molecular formula is C8H11N3O. The minimum absolute atomic E-state index is 0.0156. The largest absolute Gasteiger partial charge is 0.359 e. The van der Waals surface area contributed by atoms with E-state index in [-0.39, 0.29) is 5.56 Å². The van der Waals surface area contributed by atoms with Gasteiger partial charge in [0.05, 0.1) is 5.69 Å². The third kappa shape index (κ3) is 0.995. The van der Waals surface area contributed by atoms with Gasteiger partial charge in [-0.15, -0.1) is 0 Å². The number of nitrogens with zero attached hydrogens (tertiary/aromatic N) is 1. The number of anilines is 1. The lowest BCUT2D eigenvalue weighted by molar-refractivity contribution is 0.899. The van der Waals surface area contributed by atoms with Crippen molar-refractivity contribution >= 4 is 5.95 Å². The van der Waals surface area contributed by atoms with Gasteiger partial charge in [0.25, 0.3) is 5.56 Å². The molecule has 0 aromatic carbocycles. The Morgan fingerprint density at radius 3 is 3.08 bits per heavy atom. The summed E-state index contributed by atoms with van der Waals surface area (Å²) in [5.74, 6) is 0.570. The van der Waals surface area contributed by atoms with Crippen molar-refractivity contribution < 1.29 is 0 Å². The highest BCUT2D eigenvalue weighted by molar-refractivity contribution is 5.31. The van der Waals surface area contributed by atoms with Crippen molar-refractivity contribution in [3.63, 3.8) is 0 Å². The first-order chi connectivity index (χ1) is 5.81.